The average molecular weight is 287 g/mol. The molecule has 0 unspecified atom stereocenters. The van der Waals surface area contributed by atoms with Crippen LogP contribution in [0.2, 0.25) is 5.02 Å². The van der Waals surface area contributed by atoms with Gasteiger partial charge in [-0.3, -0.25) is 4.57 Å². The van der Waals surface area contributed by atoms with E-state index in [1.165, 1.54) is 6.33 Å². The fraction of sp³-hybridized carbons (Fsp3) is 0.200. The van der Waals surface area contributed by atoms with E-state index in [0.29, 0.717) is 10.8 Å². The van der Waals surface area contributed by atoms with Crippen LogP contribution in [0.5, 0.6) is 0 Å². The Labute approximate surface area is 122 Å². The molecule has 0 atom stereocenters. The summed E-state index contributed by atoms with van der Waals surface area (Å²) in [6, 6.07) is 5.98. The summed E-state index contributed by atoms with van der Waals surface area (Å²) in [5.74, 6) is 0.498. The number of hydrogen-bond donors (Lipinski definition) is 1. The van der Waals surface area contributed by atoms with Gasteiger partial charge in [0, 0.05) is 5.69 Å². The Hall–Kier alpha value is -2.07. The molecule has 0 radical (unpaired) electrons. The molecule has 1 aromatic carbocycles. The van der Waals surface area contributed by atoms with Crippen LogP contribution in [0.25, 0.3) is 16.7 Å². The van der Waals surface area contributed by atoms with Crippen molar-refractivity contribution < 1.29 is 0 Å². The Morgan fingerprint density at radius 3 is 2.60 bits per heavy atom. The fourth-order valence-electron chi connectivity index (χ4n) is 2.51. The lowest BCUT2D eigenvalue weighted by molar-refractivity contribution is 1.01. The Balaban J connectivity index is 2.42. The number of halogens is 1. The molecule has 0 amide bonds. The number of fused-ring (bicyclic) bond motifs is 1. The van der Waals surface area contributed by atoms with Crippen molar-refractivity contribution in [2.24, 2.45) is 0 Å². The molecule has 3 aromatic rings. The van der Waals surface area contributed by atoms with Gasteiger partial charge in [0.15, 0.2) is 5.65 Å². The van der Waals surface area contributed by atoms with Crippen LogP contribution in [-0.4, -0.2) is 14.5 Å². The van der Waals surface area contributed by atoms with E-state index in [0.717, 1.165) is 33.5 Å². The maximum absolute atomic E-state index is 6.39. The molecule has 20 heavy (non-hydrogen) atoms. The summed E-state index contributed by atoms with van der Waals surface area (Å²) in [7, 11) is 0. The first-order valence-corrected chi connectivity index (χ1v) is 6.73. The highest BCUT2D eigenvalue weighted by Crippen LogP contribution is 2.32. The van der Waals surface area contributed by atoms with Gasteiger partial charge in [-0.2, -0.15) is 0 Å². The third-order valence-electron chi connectivity index (χ3n) is 3.67. The highest BCUT2D eigenvalue weighted by atomic mass is 35.5. The zero-order valence-corrected chi connectivity index (χ0v) is 12.4. The summed E-state index contributed by atoms with van der Waals surface area (Å²) in [5, 5.41) is 1.59. The first-order valence-electron chi connectivity index (χ1n) is 6.35. The predicted molar refractivity (Wildman–Crippen MR) is 82.5 cm³/mol. The number of rotatable bonds is 1. The first kappa shape index (κ1) is 12.9. The molecule has 0 fully saturated rings. The third kappa shape index (κ3) is 1.76. The molecule has 0 aliphatic rings. The molecular formula is C15H15ClN4. The Morgan fingerprint density at radius 1 is 1.15 bits per heavy atom. The summed E-state index contributed by atoms with van der Waals surface area (Å²) >= 11 is 6.39. The maximum Gasteiger partial charge on any atom is 0.150 e. The number of benzene rings is 1. The van der Waals surface area contributed by atoms with Crippen molar-refractivity contribution in [2.75, 3.05) is 5.73 Å². The second kappa shape index (κ2) is 4.49. The van der Waals surface area contributed by atoms with Crippen LogP contribution < -0.4 is 5.73 Å². The predicted octanol–water partition coefficient (Wildman–Crippen LogP) is 3.58. The number of nitrogens with zero attached hydrogens (tertiary/aromatic N) is 3. The van der Waals surface area contributed by atoms with Gasteiger partial charge in [-0.25, -0.2) is 9.97 Å². The Morgan fingerprint density at radius 2 is 1.90 bits per heavy atom. The van der Waals surface area contributed by atoms with E-state index in [9.17, 15) is 0 Å². The largest absolute Gasteiger partial charge is 0.383 e. The van der Waals surface area contributed by atoms with E-state index >= 15 is 0 Å². The molecule has 0 aliphatic heterocycles. The summed E-state index contributed by atoms with van der Waals surface area (Å²) in [4.78, 5) is 8.45. The van der Waals surface area contributed by atoms with Gasteiger partial charge >= 0.3 is 0 Å². The van der Waals surface area contributed by atoms with Crippen LogP contribution in [0, 0.1) is 20.8 Å². The van der Waals surface area contributed by atoms with Gasteiger partial charge in [0.05, 0.1) is 16.1 Å². The molecule has 2 N–H and O–H groups in total. The standard InChI is InChI=1S/C15H15ClN4/c1-8-4-5-12(11(16)6-8)20-10(3)9(2)13-14(17)18-7-19-15(13)20/h4-7H,1-3H3,(H2,17,18,19). The van der Waals surface area contributed by atoms with Crippen molar-refractivity contribution in [1.82, 2.24) is 14.5 Å². The highest BCUT2D eigenvalue weighted by molar-refractivity contribution is 6.32. The first-order chi connectivity index (χ1) is 9.50. The molecule has 5 heteroatoms. The van der Waals surface area contributed by atoms with Crippen LogP contribution in [0.15, 0.2) is 24.5 Å². The van der Waals surface area contributed by atoms with Gasteiger partial charge in [0.25, 0.3) is 0 Å². The van der Waals surface area contributed by atoms with Crippen LogP contribution >= 0.6 is 11.6 Å². The van der Waals surface area contributed by atoms with Crippen molar-refractivity contribution in [3.8, 4) is 5.69 Å². The lowest BCUT2D eigenvalue weighted by Crippen LogP contribution is -2.00. The molecular weight excluding hydrogens is 272 g/mol. The van der Waals surface area contributed by atoms with Gasteiger partial charge in [-0.1, -0.05) is 17.7 Å². The molecule has 0 bridgehead atoms. The highest BCUT2D eigenvalue weighted by Gasteiger charge is 2.17. The monoisotopic (exact) mass is 286 g/mol. The molecule has 2 heterocycles. The Kier molecular flexibility index (Phi) is 2.91. The molecule has 2 aromatic heterocycles. The summed E-state index contributed by atoms with van der Waals surface area (Å²) in [6.07, 6.45) is 1.48. The van der Waals surface area contributed by atoms with Gasteiger partial charge in [-0.05, 0) is 44.0 Å². The lowest BCUT2D eigenvalue weighted by Gasteiger charge is -2.10. The van der Waals surface area contributed by atoms with Gasteiger partial charge < -0.3 is 5.73 Å². The van der Waals surface area contributed by atoms with Crippen molar-refractivity contribution >= 4 is 28.5 Å². The molecule has 0 saturated heterocycles. The normalized spacial score (nSPS) is 11.2. The zero-order valence-electron chi connectivity index (χ0n) is 11.6. The van der Waals surface area contributed by atoms with Crippen LogP contribution in [-0.2, 0) is 0 Å². The van der Waals surface area contributed by atoms with Crippen molar-refractivity contribution in [1.29, 1.82) is 0 Å². The molecule has 0 spiro atoms. The maximum atomic E-state index is 6.39. The second-order valence-corrected chi connectivity index (χ2v) is 5.37. The lowest BCUT2D eigenvalue weighted by atomic mass is 10.2. The van der Waals surface area contributed by atoms with Crippen molar-refractivity contribution in [3.63, 3.8) is 0 Å². The second-order valence-electron chi connectivity index (χ2n) is 4.96. The number of nitrogens with two attached hydrogens (primary N) is 1. The van der Waals surface area contributed by atoms with E-state index in [2.05, 4.69) is 9.97 Å². The van der Waals surface area contributed by atoms with Crippen LogP contribution in [0.1, 0.15) is 16.8 Å². The van der Waals surface area contributed by atoms with Crippen LogP contribution in [0.3, 0.4) is 0 Å². The number of nitrogen functional groups attached to an aromatic ring is 1. The summed E-state index contributed by atoms with van der Waals surface area (Å²) < 4.78 is 2.03. The number of hydrogen-bond acceptors (Lipinski definition) is 3. The van der Waals surface area contributed by atoms with E-state index in [-0.39, 0.29) is 0 Å². The van der Waals surface area contributed by atoms with E-state index in [1.807, 2.05) is 43.5 Å². The van der Waals surface area contributed by atoms with E-state index < -0.39 is 0 Å². The Bertz CT molecular complexity index is 820. The zero-order chi connectivity index (χ0) is 14.4. The molecule has 102 valence electrons. The molecule has 0 saturated carbocycles. The van der Waals surface area contributed by atoms with E-state index in [4.69, 9.17) is 17.3 Å². The molecule has 3 rings (SSSR count). The fourth-order valence-corrected chi connectivity index (χ4v) is 2.83. The van der Waals surface area contributed by atoms with Gasteiger partial charge in [-0.15, -0.1) is 0 Å². The SMILES string of the molecule is Cc1ccc(-n2c(C)c(C)c3c(N)ncnc32)c(Cl)c1. The molecule has 0 aliphatic carbocycles. The smallest absolute Gasteiger partial charge is 0.150 e. The molecule has 4 nitrogen and oxygen atoms in total. The van der Waals surface area contributed by atoms with E-state index in [1.54, 1.807) is 0 Å². The number of aromatic nitrogens is 3. The van der Waals surface area contributed by atoms with Crippen molar-refractivity contribution in [2.45, 2.75) is 20.8 Å². The minimum absolute atomic E-state index is 0.498. The third-order valence-corrected chi connectivity index (χ3v) is 3.97. The van der Waals surface area contributed by atoms with Crippen LogP contribution in [0.4, 0.5) is 5.82 Å². The van der Waals surface area contributed by atoms with Crippen molar-refractivity contribution in [3.05, 3.63) is 46.4 Å². The summed E-state index contributed by atoms with van der Waals surface area (Å²) in [6.45, 7) is 6.07. The minimum Gasteiger partial charge on any atom is -0.383 e. The number of anilines is 1. The topological polar surface area (TPSA) is 56.7 Å². The minimum atomic E-state index is 0.498. The average Bonchev–Trinajstić information content (AvgIpc) is 2.64. The van der Waals surface area contributed by atoms with Gasteiger partial charge in [0.2, 0.25) is 0 Å². The quantitative estimate of drug-likeness (QED) is 0.744. The summed E-state index contributed by atoms with van der Waals surface area (Å²) in [5.41, 5.74) is 11.0. The van der Waals surface area contributed by atoms with Gasteiger partial charge in [0.1, 0.15) is 12.1 Å². The number of aryl methyl sites for hydroxylation is 2.